The summed E-state index contributed by atoms with van der Waals surface area (Å²) in [6.07, 6.45) is 0.220. The second-order valence-corrected chi connectivity index (χ2v) is 17.8. The van der Waals surface area contributed by atoms with Gasteiger partial charge in [0.05, 0.1) is 6.61 Å². The zero-order valence-corrected chi connectivity index (χ0v) is 36.6. The van der Waals surface area contributed by atoms with Crippen molar-refractivity contribution >= 4 is 56.7 Å². The quantitative estimate of drug-likeness (QED) is 0.0173. The number of terminal acetylenes is 1. The fourth-order valence-electron chi connectivity index (χ4n) is 5.48. The third kappa shape index (κ3) is 27.1. The smallest absolute Gasteiger partial charge is 0.456 e. The predicted octanol–water partition coefficient (Wildman–Crippen LogP) is 4.31. The first-order valence-electron chi connectivity index (χ1n) is 18.0. The monoisotopic (exact) mass is 962 g/mol. The fourth-order valence-corrected chi connectivity index (χ4v) is 8.13. The molecule has 27 heteroatoms. The predicted molar refractivity (Wildman–Crippen MR) is 226 cm³/mol. The number of esters is 2. The molecule has 0 saturated heterocycles. The van der Waals surface area contributed by atoms with Gasteiger partial charge in [-0.25, -0.2) is 23.1 Å². The van der Waals surface area contributed by atoms with Crippen LogP contribution in [0.5, 0.6) is 0 Å². The molecule has 0 aromatic carbocycles. The summed E-state index contributed by atoms with van der Waals surface area (Å²) in [5, 5.41) is 21.6. The van der Waals surface area contributed by atoms with E-state index in [2.05, 4.69) is 38.3 Å². The van der Waals surface area contributed by atoms with E-state index in [-0.39, 0.29) is 31.3 Å². The fraction of sp³-hybridized carbons (Fsp3) is 0.750. The standard InChI is InChI=1S/C32H52O22P4.H2S.8H2/c1-3-5-7-9-10-11-12-13-14-15-16-17-19-21-26(34)50-24(22-48-25(33)20-18-8-6-4-2)23-49-58(46,47)54-29-27(35)30(51-55(37,38)39)32(53-57(43,44)45)31(28(29)36)52-56(40,41)42;;;;;;;;;/h2,24,27-32,35-36H,3,5,7,9-17,19,21-23H2,1H3,(H,46,47)(H2,37,38,39)(H2,40,41,42)(H2,43,44,45);1H2;8*1H/t24-,27+,28?,29?,30+,31-,32?;;;;;;;;;/m1........./s1. The maximum absolute atomic E-state index is 13.0. The lowest BCUT2D eigenvalue weighted by atomic mass is 9.85. The van der Waals surface area contributed by atoms with Gasteiger partial charge >= 0.3 is 43.2 Å². The van der Waals surface area contributed by atoms with Crippen molar-refractivity contribution in [3.05, 3.63) is 0 Å². The van der Waals surface area contributed by atoms with E-state index in [0.29, 0.717) is 12.8 Å². The van der Waals surface area contributed by atoms with Crippen LogP contribution in [0.25, 0.3) is 0 Å². The molecule has 0 aromatic rings. The summed E-state index contributed by atoms with van der Waals surface area (Å²) in [7, 11) is -23.1. The molecule has 4 unspecified atom stereocenters. The van der Waals surface area contributed by atoms with Gasteiger partial charge in [-0.15, -0.1) is 6.42 Å². The van der Waals surface area contributed by atoms with Crippen molar-refractivity contribution in [3.63, 3.8) is 0 Å². The number of carbonyl (C=O) groups is 2. The van der Waals surface area contributed by atoms with E-state index in [9.17, 15) is 72.3 Å². The summed E-state index contributed by atoms with van der Waals surface area (Å²) in [5.41, 5.74) is 0. The minimum atomic E-state index is -5.80. The number of unbranched alkanes of at least 4 members (excludes halogenated alkanes) is 12. The first-order chi connectivity index (χ1) is 27.0. The molecule has 356 valence electrons. The van der Waals surface area contributed by atoms with Gasteiger partial charge in [0.1, 0.15) is 43.2 Å². The average Bonchev–Trinajstić information content (AvgIpc) is 3.10. The molecule has 8 atom stereocenters. The highest BCUT2D eigenvalue weighted by molar-refractivity contribution is 7.59. The van der Waals surface area contributed by atoms with Crippen molar-refractivity contribution in [2.75, 3.05) is 13.2 Å². The Balaban J connectivity index is -0.000000534. The number of ether oxygens (including phenoxy) is 2. The molecule has 0 heterocycles. The van der Waals surface area contributed by atoms with E-state index in [1.807, 2.05) is 11.8 Å². The van der Waals surface area contributed by atoms with Crippen molar-refractivity contribution in [3.8, 4) is 36.0 Å². The minimum Gasteiger partial charge on any atom is -0.456 e. The zero-order chi connectivity index (χ0) is 44.0. The largest absolute Gasteiger partial charge is 0.472 e. The molecule has 22 nitrogen and oxygen atoms in total. The van der Waals surface area contributed by atoms with Crippen molar-refractivity contribution < 1.29 is 116 Å². The summed E-state index contributed by atoms with van der Waals surface area (Å²) < 4.78 is 80.5. The first kappa shape index (κ1) is 57.3. The summed E-state index contributed by atoms with van der Waals surface area (Å²) in [4.78, 5) is 91.2. The topological polar surface area (TPSA) is 349 Å². The highest BCUT2D eigenvalue weighted by Crippen LogP contribution is 2.53. The Morgan fingerprint density at radius 1 is 0.627 bits per heavy atom. The molecular formula is C32H70O22P4S. The molecule has 0 radical (unpaired) electrons. The van der Waals surface area contributed by atoms with Gasteiger partial charge < -0.3 is 53.9 Å². The van der Waals surface area contributed by atoms with E-state index in [0.717, 1.165) is 32.1 Å². The molecule has 1 fully saturated rings. The van der Waals surface area contributed by atoms with Crippen LogP contribution in [0.1, 0.15) is 108 Å². The molecule has 1 aliphatic carbocycles. The Labute approximate surface area is 361 Å². The molecule has 0 aromatic heterocycles. The SMILES string of the molecule is C#CC#CC#CC(=O)OC[C@H](COP(=O)(O)OC1C(O)[C@@H](OP(=O)(O)O)C(OP(=O)(O)O)[C@@H](OP(=O)(O)O)[C@H]1O)OC(=O)CCCCCCCCCCCCCCC.S.[HH].[HH].[HH].[HH].[HH].[HH].[HH].[HH]. The van der Waals surface area contributed by atoms with Gasteiger partial charge in [-0.3, -0.25) is 27.4 Å². The van der Waals surface area contributed by atoms with Crippen LogP contribution in [0.3, 0.4) is 0 Å². The van der Waals surface area contributed by atoms with Gasteiger partial charge in [-0.05, 0) is 30.1 Å². The maximum atomic E-state index is 13.0. The van der Waals surface area contributed by atoms with Crippen molar-refractivity contribution in [1.29, 1.82) is 0 Å². The highest BCUT2D eigenvalue weighted by Gasteiger charge is 2.59. The number of phosphoric acid groups is 4. The van der Waals surface area contributed by atoms with Gasteiger partial charge in [-0.2, -0.15) is 13.5 Å². The zero-order valence-electron chi connectivity index (χ0n) is 32.1. The summed E-state index contributed by atoms with van der Waals surface area (Å²) in [6.45, 7) is 0.240. The van der Waals surface area contributed by atoms with Gasteiger partial charge in [0.15, 0.2) is 6.10 Å². The molecule has 1 saturated carbocycles. The number of hydrogen-bond donors (Lipinski definition) is 9. The second-order valence-electron chi connectivity index (χ2n) is 12.8. The van der Waals surface area contributed by atoms with Gasteiger partial charge in [0.2, 0.25) is 0 Å². The highest BCUT2D eigenvalue weighted by atomic mass is 32.1. The molecule has 0 bridgehead atoms. The van der Waals surface area contributed by atoms with E-state index in [1.54, 1.807) is 0 Å². The Morgan fingerprint density at radius 2 is 1.07 bits per heavy atom. The lowest BCUT2D eigenvalue weighted by Crippen LogP contribution is -2.65. The van der Waals surface area contributed by atoms with Crippen LogP contribution in [0.4, 0.5) is 0 Å². The van der Waals surface area contributed by atoms with Crippen LogP contribution >= 0.6 is 44.8 Å². The maximum Gasteiger partial charge on any atom is 0.472 e. The summed E-state index contributed by atoms with van der Waals surface area (Å²) in [5.74, 6) is 8.24. The Kier molecular flexibility index (Phi) is 28.0. The van der Waals surface area contributed by atoms with Crippen LogP contribution in [0.2, 0.25) is 0 Å². The van der Waals surface area contributed by atoms with Crippen LogP contribution in [0, 0.1) is 36.0 Å². The van der Waals surface area contributed by atoms with Crippen LogP contribution in [0.15, 0.2) is 0 Å². The molecule has 1 rings (SSSR count). The third-order valence-electron chi connectivity index (χ3n) is 7.99. The van der Waals surface area contributed by atoms with Gasteiger partial charge in [-0.1, -0.05) is 84.0 Å². The number of carbonyl (C=O) groups excluding carboxylic acids is 2. The van der Waals surface area contributed by atoms with E-state index >= 15 is 0 Å². The van der Waals surface area contributed by atoms with Gasteiger partial charge in [0.25, 0.3) is 0 Å². The minimum absolute atomic E-state index is 0. The average molecular weight is 963 g/mol. The van der Waals surface area contributed by atoms with Crippen LogP contribution < -0.4 is 0 Å². The molecule has 1 aliphatic rings. The van der Waals surface area contributed by atoms with E-state index in [4.69, 9.17) is 24.9 Å². The molecule has 0 amide bonds. The number of phosphoric ester groups is 4. The normalized spacial score (nSPS) is 22.2. The molecule has 9 N–H and O–H groups in total. The van der Waals surface area contributed by atoms with Crippen molar-refractivity contribution in [1.82, 2.24) is 0 Å². The lowest BCUT2D eigenvalue weighted by Gasteiger charge is -2.45. The van der Waals surface area contributed by atoms with E-state index < -0.39 is 99.2 Å². The first-order valence-corrected chi connectivity index (χ1v) is 24.1. The third-order valence-corrected chi connectivity index (χ3v) is 10.5. The Hall–Kier alpha value is -1.67. The molecule has 0 aliphatic heterocycles. The number of aliphatic hydroxyl groups excluding tert-OH is 2. The van der Waals surface area contributed by atoms with Crippen molar-refractivity contribution in [2.24, 2.45) is 0 Å². The number of rotatable bonds is 28. The lowest BCUT2D eigenvalue weighted by molar-refractivity contribution is -0.209. The van der Waals surface area contributed by atoms with E-state index in [1.165, 1.54) is 38.5 Å². The van der Waals surface area contributed by atoms with Crippen molar-refractivity contribution in [2.45, 2.75) is 140 Å². The number of hydrogen-bond acceptors (Lipinski definition) is 15. The Bertz CT molecular complexity index is 1650. The number of aliphatic hydroxyl groups is 2. The van der Waals surface area contributed by atoms with Crippen LogP contribution in [-0.4, -0.2) is 112 Å². The van der Waals surface area contributed by atoms with Gasteiger partial charge in [0, 0.05) is 23.8 Å². The molecule has 0 spiro atoms. The Morgan fingerprint density at radius 3 is 1.51 bits per heavy atom. The summed E-state index contributed by atoms with van der Waals surface area (Å²) in [6, 6.07) is 0. The molecule has 59 heavy (non-hydrogen) atoms. The van der Waals surface area contributed by atoms with Crippen LogP contribution in [-0.2, 0) is 59.9 Å². The second kappa shape index (κ2) is 28.8. The summed E-state index contributed by atoms with van der Waals surface area (Å²) >= 11 is 0. The molecular weight excluding hydrogens is 892 g/mol.